The number of unbranched alkanes of at least 4 members (excludes halogenated alkanes) is 1. The van der Waals surface area contributed by atoms with Crippen molar-refractivity contribution in [1.29, 1.82) is 0 Å². The maximum atomic E-state index is 7.16. The van der Waals surface area contributed by atoms with E-state index in [0.717, 1.165) is 41.8 Å². The molecule has 342 valence electrons. The molecule has 0 N–H and O–H groups in total. The molecule has 3 heterocycles. The lowest BCUT2D eigenvalue weighted by molar-refractivity contribution is 0.332. The van der Waals surface area contributed by atoms with Gasteiger partial charge < -0.3 is 14.1 Å². The normalized spacial score (nSPS) is 15.3. The number of furan rings is 1. The molecule has 2 aliphatic heterocycles. The van der Waals surface area contributed by atoms with Crippen molar-refractivity contribution in [3.05, 3.63) is 198 Å². The van der Waals surface area contributed by atoms with E-state index in [1.165, 1.54) is 124 Å². The van der Waals surface area contributed by atoms with Gasteiger partial charge in [-0.2, -0.15) is 0 Å². The highest BCUT2D eigenvalue weighted by Crippen LogP contribution is 2.52. The Bertz CT molecular complexity index is 3750. The van der Waals surface area contributed by atoms with E-state index < -0.39 is 0 Å². The fraction of sp³-hybridized carbons (Fsp3) is 0.212. The van der Waals surface area contributed by atoms with Crippen molar-refractivity contribution < 1.29 is 4.42 Å². The Balaban J connectivity index is 1.15. The predicted octanol–water partition coefficient (Wildman–Crippen LogP) is 17.1. The number of benzene rings is 9. The van der Waals surface area contributed by atoms with Crippen LogP contribution >= 0.6 is 0 Å². The lowest BCUT2D eigenvalue weighted by Crippen LogP contribution is -2.61. The summed E-state index contributed by atoms with van der Waals surface area (Å²) in [7, 11) is 0. The van der Waals surface area contributed by atoms with E-state index in [4.69, 9.17) is 4.42 Å². The van der Waals surface area contributed by atoms with Crippen LogP contribution in [0.4, 0.5) is 28.4 Å². The zero-order valence-corrected chi connectivity index (χ0v) is 41.6. The zero-order chi connectivity index (χ0) is 47.6. The molecule has 70 heavy (non-hydrogen) atoms. The second-order valence-electron chi connectivity index (χ2n) is 21.9. The number of hydrogen-bond donors (Lipinski definition) is 0. The third-order valence-corrected chi connectivity index (χ3v) is 16.5. The molecule has 0 bridgehead atoms. The third kappa shape index (κ3) is 6.63. The van der Waals surface area contributed by atoms with Gasteiger partial charge in [-0.25, -0.2) is 0 Å². The van der Waals surface area contributed by atoms with E-state index in [-0.39, 0.29) is 17.7 Å². The number of hydrogen-bond acceptors (Lipinski definition) is 3. The van der Waals surface area contributed by atoms with Crippen molar-refractivity contribution in [3.63, 3.8) is 0 Å². The predicted molar refractivity (Wildman–Crippen MR) is 299 cm³/mol. The minimum absolute atomic E-state index is 0.0652. The van der Waals surface area contributed by atoms with Crippen LogP contribution in [-0.4, -0.2) is 6.85 Å². The molecular formula is C66H59BN2O. The fourth-order valence-corrected chi connectivity index (χ4v) is 12.5. The average molecular weight is 907 g/mol. The Hall–Kier alpha value is -7.30. The molecule has 3 nitrogen and oxygen atoms in total. The molecule has 0 fully saturated rings. The van der Waals surface area contributed by atoms with E-state index in [9.17, 15) is 0 Å². The zero-order valence-electron chi connectivity index (χ0n) is 41.6. The monoisotopic (exact) mass is 906 g/mol. The SMILES string of the molecule is CCCCc1ccc(N2c3cc4oc5cc6c(cc5c4cc3B3c4c(cc(-c5ccccc5C)cc42)-c2cc4ccccc4cc2N3c2ccc(-c3ccccc3)cc2)C(C)(C)CCC6(C)C)c(C)c1. The van der Waals surface area contributed by atoms with Crippen LogP contribution in [0.2, 0.25) is 0 Å². The van der Waals surface area contributed by atoms with Crippen molar-refractivity contribution in [3.8, 4) is 33.4 Å². The van der Waals surface area contributed by atoms with Crippen LogP contribution in [0.1, 0.15) is 88.1 Å². The van der Waals surface area contributed by atoms with Gasteiger partial charge in [0.1, 0.15) is 11.2 Å². The second kappa shape index (κ2) is 15.9. The lowest BCUT2D eigenvalue weighted by atomic mass is 9.43. The van der Waals surface area contributed by atoms with Gasteiger partial charge in [0.25, 0.3) is 0 Å². The average Bonchev–Trinajstić information content (AvgIpc) is 3.73. The molecule has 0 radical (unpaired) electrons. The molecule has 0 spiro atoms. The summed E-state index contributed by atoms with van der Waals surface area (Å²) in [5.41, 5.74) is 24.8. The highest BCUT2D eigenvalue weighted by atomic mass is 16.3. The van der Waals surface area contributed by atoms with Crippen molar-refractivity contribution in [2.45, 2.75) is 91.4 Å². The molecular weight excluding hydrogens is 848 g/mol. The molecule has 10 aromatic rings. The molecule has 1 aliphatic carbocycles. The Morgan fingerprint density at radius 3 is 1.93 bits per heavy atom. The largest absolute Gasteiger partial charge is 0.456 e. The van der Waals surface area contributed by atoms with Crippen LogP contribution < -0.4 is 20.6 Å². The summed E-state index contributed by atoms with van der Waals surface area (Å²) >= 11 is 0. The summed E-state index contributed by atoms with van der Waals surface area (Å²) in [5, 5.41) is 4.84. The van der Waals surface area contributed by atoms with Crippen LogP contribution in [0.3, 0.4) is 0 Å². The molecule has 0 saturated heterocycles. The summed E-state index contributed by atoms with van der Waals surface area (Å²) < 4.78 is 7.16. The van der Waals surface area contributed by atoms with E-state index in [1.807, 2.05) is 0 Å². The Morgan fingerprint density at radius 2 is 1.19 bits per heavy atom. The summed E-state index contributed by atoms with van der Waals surface area (Å²) in [6, 6.07) is 64.7. The van der Waals surface area contributed by atoms with E-state index in [1.54, 1.807) is 0 Å². The van der Waals surface area contributed by atoms with Gasteiger partial charge in [0, 0.05) is 50.8 Å². The molecule has 0 atom stereocenters. The standard InChI is InChI=1S/C66H59BN2O/c1-8-9-18-43-24-29-58(42(3)32-43)68-60-40-63-53(52-37-55-56(39-62(52)70-63)66(6,7)31-30-65(55,4)5)38-57(60)67-64-54(34-48(36-61(64)68)50-23-16-13-17-41(50)2)51-33-46-21-14-15-22-47(46)35-59(51)69(67)49-27-25-45(26-28-49)44-19-11-10-12-20-44/h10-17,19-29,32-40H,8-9,18,30-31H2,1-7H3. The van der Waals surface area contributed by atoms with Gasteiger partial charge in [-0.15, -0.1) is 0 Å². The highest BCUT2D eigenvalue weighted by molar-refractivity contribution is 6.93. The van der Waals surface area contributed by atoms with Gasteiger partial charge in [-0.3, -0.25) is 0 Å². The van der Waals surface area contributed by atoms with Gasteiger partial charge in [0.05, 0.1) is 0 Å². The third-order valence-electron chi connectivity index (χ3n) is 16.5. The first kappa shape index (κ1) is 42.8. The highest BCUT2D eigenvalue weighted by Gasteiger charge is 2.46. The summed E-state index contributed by atoms with van der Waals surface area (Å²) in [5.74, 6) is 0. The molecule has 4 heteroatoms. The Labute approximate surface area is 413 Å². The maximum Gasteiger partial charge on any atom is 0.333 e. The molecule has 0 saturated carbocycles. The van der Waals surface area contributed by atoms with Crippen molar-refractivity contribution >= 4 is 78.9 Å². The number of aryl methyl sites for hydroxylation is 3. The molecule has 0 amide bonds. The van der Waals surface area contributed by atoms with Gasteiger partial charge in [-0.1, -0.05) is 150 Å². The van der Waals surface area contributed by atoms with Crippen LogP contribution in [0.5, 0.6) is 0 Å². The number of nitrogens with zero attached hydrogens (tertiary/aromatic N) is 2. The Morgan fingerprint density at radius 1 is 0.514 bits per heavy atom. The summed E-state index contributed by atoms with van der Waals surface area (Å²) in [4.78, 5) is 5.26. The summed E-state index contributed by atoms with van der Waals surface area (Å²) in [6.07, 6.45) is 5.75. The molecule has 1 aromatic heterocycles. The fourth-order valence-electron chi connectivity index (χ4n) is 12.5. The quantitative estimate of drug-likeness (QED) is 0.149. The van der Waals surface area contributed by atoms with E-state index in [0.29, 0.717) is 0 Å². The minimum atomic E-state index is -0.162. The first-order chi connectivity index (χ1) is 34.0. The van der Waals surface area contributed by atoms with Crippen LogP contribution in [0.25, 0.3) is 66.1 Å². The molecule has 0 unspecified atom stereocenters. The van der Waals surface area contributed by atoms with Gasteiger partial charge in [-0.05, 0) is 182 Å². The first-order valence-electron chi connectivity index (χ1n) is 25.6. The van der Waals surface area contributed by atoms with E-state index >= 15 is 0 Å². The maximum absolute atomic E-state index is 7.16. The molecule has 9 aromatic carbocycles. The van der Waals surface area contributed by atoms with Crippen LogP contribution in [0.15, 0.2) is 174 Å². The second-order valence-corrected chi connectivity index (χ2v) is 21.9. The minimum Gasteiger partial charge on any atom is -0.456 e. The number of anilines is 5. The first-order valence-corrected chi connectivity index (χ1v) is 25.6. The van der Waals surface area contributed by atoms with Crippen LogP contribution in [-0.2, 0) is 17.3 Å². The van der Waals surface area contributed by atoms with E-state index in [2.05, 4.69) is 228 Å². The smallest absolute Gasteiger partial charge is 0.333 e. The molecule has 13 rings (SSSR count). The number of rotatable bonds is 7. The summed E-state index contributed by atoms with van der Waals surface area (Å²) in [6.45, 7) is 16.4. The lowest BCUT2D eigenvalue weighted by Gasteiger charge is -2.46. The van der Waals surface area contributed by atoms with Gasteiger partial charge in [0.15, 0.2) is 0 Å². The Kier molecular flexibility index (Phi) is 9.70. The van der Waals surface area contributed by atoms with Crippen LogP contribution in [0, 0.1) is 13.8 Å². The van der Waals surface area contributed by atoms with Gasteiger partial charge in [0.2, 0.25) is 0 Å². The number of fused-ring (bicyclic) bond motifs is 9. The van der Waals surface area contributed by atoms with Crippen molar-refractivity contribution in [2.75, 3.05) is 9.71 Å². The van der Waals surface area contributed by atoms with Crippen molar-refractivity contribution in [1.82, 2.24) is 0 Å². The van der Waals surface area contributed by atoms with Gasteiger partial charge >= 0.3 is 6.85 Å². The van der Waals surface area contributed by atoms with Crippen molar-refractivity contribution in [2.24, 2.45) is 0 Å². The topological polar surface area (TPSA) is 19.6 Å². The molecule has 3 aliphatic rings.